The molecule has 0 aliphatic rings. The third-order valence-electron chi connectivity index (χ3n) is 2.65. The molecule has 98 valence electrons. The van der Waals surface area contributed by atoms with Crippen molar-refractivity contribution in [3.8, 4) is 6.07 Å². The third-order valence-corrected chi connectivity index (χ3v) is 3.04. The molecule has 0 saturated carbocycles. The van der Waals surface area contributed by atoms with Gasteiger partial charge < -0.3 is 16.4 Å². The highest BCUT2D eigenvalue weighted by Crippen LogP contribution is 2.36. The molecule has 4 N–H and O–H groups in total. The average molecular weight is 271 g/mol. The Morgan fingerprint density at radius 2 is 2.11 bits per heavy atom. The third kappa shape index (κ3) is 2.77. The maximum absolute atomic E-state index is 14.1. The van der Waals surface area contributed by atoms with Crippen molar-refractivity contribution in [2.45, 2.75) is 13.8 Å². The molecule has 0 bridgehead atoms. The van der Waals surface area contributed by atoms with E-state index in [2.05, 4.69) is 6.07 Å². The number of hydrogen-bond donors (Lipinski definition) is 2. The molecule has 0 aromatic heterocycles. The Kier molecular flexibility index (Phi) is 4.62. The Hall–Kier alpha value is -1.67. The number of benzene rings is 1. The number of nitrogens with zero attached hydrogens (tertiary/aromatic N) is 2. The second kappa shape index (κ2) is 5.78. The van der Waals surface area contributed by atoms with E-state index in [-0.39, 0.29) is 28.0 Å². The first-order valence-electron chi connectivity index (χ1n) is 5.59. The van der Waals surface area contributed by atoms with E-state index in [0.717, 1.165) is 0 Å². The van der Waals surface area contributed by atoms with Crippen LogP contribution in [0.25, 0.3) is 0 Å². The lowest BCUT2D eigenvalue weighted by Crippen LogP contribution is -2.29. The van der Waals surface area contributed by atoms with Crippen molar-refractivity contribution < 1.29 is 4.39 Å². The first-order valence-corrected chi connectivity index (χ1v) is 5.97. The van der Waals surface area contributed by atoms with Crippen molar-refractivity contribution in [1.82, 2.24) is 0 Å². The summed E-state index contributed by atoms with van der Waals surface area (Å²) in [6, 6.07) is 3.53. The smallest absolute Gasteiger partial charge is 0.169 e. The lowest BCUT2D eigenvalue weighted by atomic mass is 10.1. The molecule has 0 aliphatic heterocycles. The number of anilines is 3. The van der Waals surface area contributed by atoms with Crippen LogP contribution in [0.4, 0.5) is 21.5 Å². The number of halogens is 2. The number of rotatable bonds is 4. The van der Waals surface area contributed by atoms with Gasteiger partial charge in [0.25, 0.3) is 0 Å². The average Bonchev–Trinajstić information content (AvgIpc) is 2.34. The predicted molar refractivity (Wildman–Crippen MR) is 72.9 cm³/mol. The Bertz CT molecular complexity index is 484. The van der Waals surface area contributed by atoms with Crippen LogP contribution in [0.15, 0.2) is 6.07 Å². The Morgan fingerprint density at radius 1 is 1.50 bits per heavy atom. The highest BCUT2D eigenvalue weighted by molar-refractivity contribution is 6.33. The monoisotopic (exact) mass is 270 g/mol. The normalized spacial score (nSPS) is 11.9. The molecular formula is C12H16ClFN4. The van der Waals surface area contributed by atoms with Crippen molar-refractivity contribution in [2.75, 3.05) is 29.5 Å². The van der Waals surface area contributed by atoms with Crippen LogP contribution in [0.1, 0.15) is 13.8 Å². The highest BCUT2D eigenvalue weighted by atomic mass is 35.5. The van der Waals surface area contributed by atoms with Gasteiger partial charge in [-0.3, -0.25) is 0 Å². The van der Waals surface area contributed by atoms with Gasteiger partial charge in [0.1, 0.15) is 5.02 Å². The van der Waals surface area contributed by atoms with Crippen molar-refractivity contribution in [3.63, 3.8) is 0 Å². The molecule has 4 nitrogen and oxygen atoms in total. The topological polar surface area (TPSA) is 79.1 Å². The summed E-state index contributed by atoms with van der Waals surface area (Å²) in [5, 5.41) is 8.68. The maximum atomic E-state index is 14.1. The summed E-state index contributed by atoms with van der Waals surface area (Å²) in [5.41, 5.74) is 11.9. The maximum Gasteiger partial charge on any atom is 0.169 e. The molecular weight excluding hydrogens is 255 g/mol. The highest BCUT2D eigenvalue weighted by Gasteiger charge is 2.20. The molecule has 0 aliphatic carbocycles. The van der Waals surface area contributed by atoms with E-state index in [1.165, 1.54) is 6.07 Å². The second-order valence-electron chi connectivity index (χ2n) is 4.10. The van der Waals surface area contributed by atoms with Gasteiger partial charge in [0.05, 0.1) is 29.0 Å². The van der Waals surface area contributed by atoms with Gasteiger partial charge in [0.15, 0.2) is 5.82 Å². The van der Waals surface area contributed by atoms with E-state index < -0.39 is 5.82 Å². The zero-order valence-corrected chi connectivity index (χ0v) is 11.1. The van der Waals surface area contributed by atoms with Crippen LogP contribution in [0.3, 0.4) is 0 Å². The molecule has 18 heavy (non-hydrogen) atoms. The lowest BCUT2D eigenvalue weighted by molar-refractivity contribution is 0.609. The van der Waals surface area contributed by atoms with E-state index in [1.54, 1.807) is 11.8 Å². The molecule has 6 heteroatoms. The molecule has 0 radical (unpaired) electrons. The molecule has 1 aromatic carbocycles. The number of nitrogen functional groups attached to an aromatic ring is 2. The van der Waals surface area contributed by atoms with Gasteiger partial charge in [-0.25, -0.2) is 4.39 Å². The Morgan fingerprint density at radius 3 is 2.61 bits per heavy atom. The molecule has 0 spiro atoms. The summed E-state index contributed by atoms with van der Waals surface area (Å²) < 4.78 is 14.1. The van der Waals surface area contributed by atoms with Gasteiger partial charge in [0, 0.05) is 13.1 Å². The summed E-state index contributed by atoms with van der Waals surface area (Å²) in [5.74, 6) is -0.874. The minimum atomic E-state index is -0.638. The van der Waals surface area contributed by atoms with Gasteiger partial charge in [-0.15, -0.1) is 0 Å². The van der Waals surface area contributed by atoms with E-state index in [0.29, 0.717) is 13.1 Å². The van der Waals surface area contributed by atoms with Crippen LogP contribution in [0.2, 0.25) is 5.02 Å². The SMILES string of the molecule is CCN(CC(C)C#N)c1c(N)cc(N)c(Cl)c1F. The quantitative estimate of drug-likeness (QED) is 0.825. The first kappa shape index (κ1) is 14.4. The van der Waals surface area contributed by atoms with Crippen molar-refractivity contribution in [1.29, 1.82) is 5.26 Å². The van der Waals surface area contributed by atoms with Gasteiger partial charge in [-0.1, -0.05) is 11.6 Å². The van der Waals surface area contributed by atoms with E-state index in [1.807, 2.05) is 6.92 Å². The fraction of sp³-hybridized carbons (Fsp3) is 0.417. The number of hydrogen-bond acceptors (Lipinski definition) is 4. The molecule has 0 amide bonds. The first-order chi connectivity index (χ1) is 8.42. The summed E-state index contributed by atoms with van der Waals surface area (Å²) in [6.45, 7) is 4.52. The van der Waals surface area contributed by atoms with Crippen LogP contribution in [-0.4, -0.2) is 13.1 Å². The zero-order chi connectivity index (χ0) is 13.9. The van der Waals surface area contributed by atoms with Crippen LogP contribution in [0, 0.1) is 23.1 Å². The fourth-order valence-corrected chi connectivity index (χ4v) is 1.87. The minimum Gasteiger partial charge on any atom is -0.397 e. The molecule has 1 aromatic rings. The van der Waals surface area contributed by atoms with Crippen LogP contribution < -0.4 is 16.4 Å². The molecule has 0 heterocycles. The van der Waals surface area contributed by atoms with E-state index in [9.17, 15) is 4.39 Å². The Balaban J connectivity index is 3.22. The number of nitrogens with two attached hydrogens (primary N) is 2. The molecule has 1 atom stereocenters. The summed E-state index contributed by atoms with van der Waals surface area (Å²) >= 11 is 5.78. The molecule has 0 fully saturated rings. The summed E-state index contributed by atoms with van der Waals surface area (Å²) in [7, 11) is 0. The molecule has 0 saturated heterocycles. The fourth-order valence-electron chi connectivity index (χ4n) is 1.73. The molecule has 1 unspecified atom stereocenters. The molecule has 1 rings (SSSR count). The van der Waals surface area contributed by atoms with Gasteiger partial charge in [-0.05, 0) is 19.9 Å². The minimum absolute atomic E-state index is 0.111. The second-order valence-corrected chi connectivity index (χ2v) is 4.48. The predicted octanol–water partition coefficient (Wildman–Crippen LogP) is 2.63. The van der Waals surface area contributed by atoms with Crippen LogP contribution >= 0.6 is 11.6 Å². The van der Waals surface area contributed by atoms with Crippen molar-refractivity contribution >= 4 is 28.7 Å². The largest absolute Gasteiger partial charge is 0.397 e. The van der Waals surface area contributed by atoms with Crippen LogP contribution in [0.5, 0.6) is 0 Å². The van der Waals surface area contributed by atoms with Crippen LogP contribution in [-0.2, 0) is 0 Å². The van der Waals surface area contributed by atoms with Crippen molar-refractivity contribution in [2.24, 2.45) is 5.92 Å². The Labute approximate surface area is 111 Å². The zero-order valence-electron chi connectivity index (χ0n) is 10.4. The summed E-state index contributed by atoms with van der Waals surface area (Å²) in [6.07, 6.45) is 0. The van der Waals surface area contributed by atoms with Gasteiger partial charge >= 0.3 is 0 Å². The van der Waals surface area contributed by atoms with Gasteiger partial charge in [0.2, 0.25) is 0 Å². The standard InChI is InChI=1S/C12H16ClFN4/c1-3-18(6-7(2)5-15)12-9(17)4-8(16)10(13)11(12)14/h4,7H,3,6,16-17H2,1-2H3. The number of nitriles is 1. The summed E-state index contributed by atoms with van der Waals surface area (Å²) in [4.78, 5) is 1.68. The van der Waals surface area contributed by atoms with E-state index in [4.69, 9.17) is 28.3 Å². The van der Waals surface area contributed by atoms with Crippen molar-refractivity contribution in [3.05, 3.63) is 16.9 Å². The lowest BCUT2D eigenvalue weighted by Gasteiger charge is -2.26. The van der Waals surface area contributed by atoms with E-state index >= 15 is 0 Å². The van der Waals surface area contributed by atoms with Gasteiger partial charge in [-0.2, -0.15) is 5.26 Å².